The zero-order valence-electron chi connectivity index (χ0n) is 17.8. The molecule has 0 aliphatic carbocycles. The Labute approximate surface area is 207 Å². The summed E-state index contributed by atoms with van der Waals surface area (Å²) in [6, 6.07) is 9.59. The number of hydrazine groups is 1. The fraction of sp³-hybridized carbons (Fsp3) is 0.143. The largest absolute Gasteiger partial charge is 0.464 e. The van der Waals surface area contributed by atoms with Crippen LogP contribution in [0.4, 0.5) is 10.5 Å². The summed E-state index contributed by atoms with van der Waals surface area (Å²) in [6.45, 7) is 1.41. The summed E-state index contributed by atoms with van der Waals surface area (Å²) >= 11 is 9.46. The number of carbonyl (C=O) groups excluding carboxylic acids is 2. The number of carbonyl (C=O) groups is 3. The number of anilines is 1. The van der Waals surface area contributed by atoms with Gasteiger partial charge >= 0.3 is 6.09 Å². The van der Waals surface area contributed by atoms with E-state index in [1.807, 2.05) is 11.5 Å². The van der Waals surface area contributed by atoms with Crippen LogP contribution in [-0.4, -0.2) is 56.3 Å². The first-order valence-electron chi connectivity index (χ1n) is 9.58. The van der Waals surface area contributed by atoms with Crippen molar-refractivity contribution < 1.29 is 19.5 Å². The third-order valence-electron chi connectivity index (χ3n) is 4.59. The lowest BCUT2D eigenvalue weighted by Crippen LogP contribution is -2.42. The Kier molecular flexibility index (Phi) is 7.50. The number of aromatic nitrogens is 3. The van der Waals surface area contributed by atoms with Gasteiger partial charge in [-0.15, -0.1) is 0 Å². The van der Waals surface area contributed by atoms with Crippen molar-refractivity contribution in [1.29, 1.82) is 5.26 Å². The van der Waals surface area contributed by atoms with Gasteiger partial charge in [0.05, 0.1) is 34.5 Å². The lowest BCUT2D eigenvalue weighted by atomic mass is 10.0. The molecule has 0 aliphatic rings. The summed E-state index contributed by atoms with van der Waals surface area (Å²) in [5.74, 6) is -0.838. The molecule has 11 nitrogen and oxygen atoms in total. The van der Waals surface area contributed by atoms with E-state index < -0.39 is 12.0 Å². The molecular formula is C21H17BrClN7O4. The van der Waals surface area contributed by atoms with Gasteiger partial charge < -0.3 is 10.4 Å². The number of nitrogens with one attached hydrogen (secondary N) is 2. The van der Waals surface area contributed by atoms with E-state index in [2.05, 4.69) is 31.3 Å². The third-order valence-corrected chi connectivity index (χ3v) is 5.28. The standard InChI is InChI=1S/C21H17BrClN7O4/c1-11-6-12(9-24)7-13(20(32)29(2)28-21(33)34)18(11)26-10-16(31)15-8-17(22)27-30(15)19-14(23)4-3-5-25-19/h3-8,26,28H,10H2,1-2H3,(H,33,34). The first-order chi connectivity index (χ1) is 16.1. The van der Waals surface area contributed by atoms with Gasteiger partial charge in [0.2, 0.25) is 0 Å². The summed E-state index contributed by atoms with van der Waals surface area (Å²) < 4.78 is 1.70. The van der Waals surface area contributed by atoms with Crippen LogP contribution in [-0.2, 0) is 0 Å². The average Bonchev–Trinajstić information content (AvgIpc) is 3.18. The van der Waals surface area contributed by atoms with Gasteiger partial charge in [0.1, 0.15) is 10.3 Å². The van der Waals surface area contributed by atoms with Crippen molar-refractivity contribution in [2.24, 2.45) is 0 Å². The number of ketones is 1. The third kappa shape index (κ3) is 5.33. The Morgan fingerprint density at radius 2 is 2.06 bits per heavy atom. The SMILES string of the molecule is Cc1cc(C#N)cc(C(=O)N(C)NC(=O)O)c1NCC(=O)c1cc(Br)nn1-c1ncccc1Cl. The quantitative estimate of drug-likeness (QED) is 0.314. The molecule has 3 rings (SSSR count). The van der Waals surface area contributed by atoms with Crippen molar-refractivity contribution in [1.82, 2.24) is 25.2 Å². The fourth-order valence-electron chi connectivity index (χ4n) is 3.13. The highest BCUT2D eigenvalue weighted by Gasteiger charge is 2.22. The predicted molar refractivity (Wildman–Crippen MR) is 126 cm³/mol. The lowest BCUT2D eigenvalue weighted by molar-refractivity contribution is 0.0706. The van der Waals surface area contributed by atoms with Crippen LogP contribution in [0, 0.1) is 18.3 Å². The molecule has 34 heavy (non-hydrogen) atoms. The fourth-order valence-corrected chi connectivity index (χ4v) is 3.71. The predicted octanol–water partition coefficient (Wildman–Crippen LogP) is 3.41. The van der Waals surface area contributed by atoms with Crippen LogP contribution >= 0.6 is 27.5 Å². The van der Waals surface area contributed by atoms with E-state index in [0.29, 0.717) is 15.2 Å². The van der Waals surface area contributed by atoms with E-state index in [4.69, 9.17) is 16.7 Å². The zero-order chi connectivity index (χ0) is 25.0. The molecule has 13 heteroatoms. The smallest absolute Gasteiger partial charge is 0.423 e. The molecule has 0 bridgehead atoms. The van der Waals surface area contributed by atoms with Crippen LogP contribution in [0.15, 0.2) is 41.1 Å². The van der Waals surface area contributed by atoms with E-state index >= 15 is 0 Å². The molecule has 0 spiro atoms. The Bertz CT molecular complexity index is 1340. The van der Waals surface area contributed by atoms with Gasteiger partial charge in [0, 0.05) is 19.3 Å². The normalized spacial score (nSPS) is 10.3. The molecule has 0 unspecified atom stereocenters. The molecule has 0 saturated carbocycles. The van der Waals surface area contributed by atoms with Gasteiger partial charge in [-0.25, -0.2) is 19.9 Å². The van der Waals surface area contributed by atoms with Crippen molar-refractivity contribution in [2.75, 3.05) is 18.9 Å². The second-order valence-electron chi connectivity index (χ2n) is 6.96. The van der Waals surface area contributed by atoms with Gasteiger partial charge in [-0.3, -0.25) is 14.6 Å². The first-order valence-corrected chi connectivity index (χ1v) is 10.8. The molecule has 3 aromatic rings. The highest BCUT2D eigenvalue weighted by Crippen LogP contribution is 2.25. The molecular weight excluding hydrogens is 530 g/mol. The number of aryl methyl sites for hydroxylation is 1. The summed E-state index contributed by atoms with van der Waals surface area (Å²) in [5, 5.41) is 26.4. The number of pyridine rings is 1. The Morgan fingerprint density at radius 3 is 2.71 bits per heavy atom. The molecule has 3 N–H and O–H groups in total. The minimum Gasteiger partial charge on any atom is -0.464 e. The number of hydrogen-bond donors (Lipinski definition) is 3. The van der Waals surface area contributed by atoms with Crippen molar-refractivity contribution >= 4 is 51.0 Å². The van der Waals surface area contributed by atoms with E-state index in [1.165, 1.54) is 30.1 Å². The molecule has 1 aromatic carbocycles. The van der Waals surface area contributed by atoms with Crippen LogP contribution in [0.2, 0.25) is 5.02 Å². The number of halogens is 2. The highest BCUT2D eigenvalue weighted by atomic mass is 79.9. The molecule has 0 fully saturated rings. The number of nitrogens with zero attached hydrogens (tertiary/aromatic N) is 5. The molecule has 2 amide bonds. The van der Waals surface area contributed by atoms with E-state index in [-0.39, 0.29) is 40.7 Å². The number of nitriles is 1. The summed E-state index contributed by atoms with van der Waals surface area (Å²) in [7, 11) is 1.23. The maximum atomic E-state index is 13.1. The van der Waals surface area contributed by atoms with Gasteiger partial charge in [-0.2, -0.15) is 10.4 Å². The van der Waals surface area contributed by atoms with Crippen LogP contribution in [0.3, 0.4) is 0 Å². The van der Waals surface area contributed by atoms with Gasteiger partial charge in [0.15, 0.2) is 11.6 Å². The van der Waals surface area contributed by atoms with Crippen LogP contribution in [0.1, 0.15) is 32.0 Å². The number of carboxylic acid groups (broad SMARTS) is 1. The molecule has 174 valence electrons. The Hall–Kier alpha value is -3.95. The topological polar surface area (TPSA) is 153 Å². The molecule has 2 aromatic heterocycles. The first kappa shape index (κ1) is 24.7. The van der Waals surface area contributed by atoms with Crippen LogP contribution < -0.4 is 10.7 Å². The monoisotopic (exact) mass is 545 g/mol. The van der Waals surface area contributed by atoms with Gasteiger partial charge in [-0.05, 0) is 52.7 Å². The van der Waals surface area contributed by atoms with Crippen molar-refractivity contribution in [3.63, 3.8) is 0 Å². The van der Waals surface area contributed by atoms with Gasteiger partial charge in [0.25, 0.3) is 5.91 Å². The average molecular weight is 547 g/mol. The molecule has 0 atom stereocenters. The van der Waals surface area contributed by atoms with Gasteiger partial charge in [-0.1, -0.05) is 11.6 Å². The number of benzene rings is 1. The second kappa shape index (κ2) is 10.3. The maximum Gasteiger partial charge on any atom is 0.423 e. The highest BCUT2D eigenvalue weighted by molar-refractivity contribution is 9.10. The van der Waals surface area contributed by atoms with E-state index in [1.54, 1.807) is 25.1 Å². The van der Waals surface area contributed by atoms with Crippen molar-refractivity contribution in [3.8, 4) is 11.9 Å². The van der Waals surface area contributed by atoms with Crippen molar-refractivity contribution in [2.45, 2.75) is 6.92 Å². The molecule has 0 aliphatic heterocycles. The summed E-state index contributed by atoms with van der Waals surface area (Å²) in [4.78, 5) is 41.0. The lowest BCUT2D eigenvalue weighted by Gasteiger charge is -2.20. The second-order valence-corrected chi connectivity index (χ2v) is 8.18. The number of hydrogen-bond acceptors (Lipinski definition) is 7. The summed E-state index contributed by atoms with van der Waals surface area (Å²) in [6.07, 6.45) is 0.0869. The number of Topliss-reactive ketones (excluding diaryl/α,β-unsaturated/α-hetero) is 1. The number of amides is 2. The molecule has 2 heterocycles. The Balaban J connectivity index is 1.93. The molecule has 0 saturated heterocycles. The Morgan fingerprint density at radius 1 is 1.32 bits per heavy atom. The minimum atomic E-state index is -1.43. The summed E-state index contributed by atoms with van der Waals surface area (Å²) in [5.41, 5.74) is 3.13. The van der Waals surface area contributed by atoms with Crippen LogP contribution in [0.5, 0.6) is 0 Å². The van der Waals surface area contributed by atoms with Crippen LogP contribution in [0.25, 0.3) is 5.82 Å². The van der Waals surface area contributed by atoms with E-state index in [9.17, 15) is 19.6 Å². The number of rotatable bonds is 6. The molecule has 0 radical (unpaired) electrons. The minimum absolute atomic E-state index is 0.0167. The van der Waals surface area contributed by atoms with Crippen molar-refractivity contribution in [3.05, 3.63) is 68.5 Å². The van der Waals surface area contributed by atoms with E-state index in [0.717, 1.165) is 5.01 Å². The zero-order valence-corrected chi connectivity index (χ0v) is 20.2. The maximum absolute atomic E-state index is 13.1.